The quantitative estimate of drug-likeness (QED) is 0.178. The van der Waals surface area contributed by atoms with Crippen LogP contribution in [-0.2, 0) is 35.2 Å². The van der Waals surface area contributed by atoms with Crippen LogP contribution in [0.1, 0.15) is 101 Å². The molecule has 1 aromatic carbocycles. The van der Waals surface area contributed by atoms with Crippen molar-refractivity contribution in [3.63, 3.8) is 0 Å². The van der Waals surface area contributed by atoms with E-state index >= 15 is 0 Å². The number of fused-ring (bicyclic) bond motifs is 3. The van der Waals surface area contributed by atoms with Gasteiger partial charge in [0.25, 0.3) is 0 Å². The number of para-hydroxylation sites is 1. The van der Waals surface area contributed by atoms with Crippen molar-refractivity contribution in [2.75, 3.05) is 0 Å². The molecule has 9 atom stereocenters. The summed E-state index contributed by atoms with van der Waals surface area (Å²) in [4.78, 5) is 88.3. The number of hydrogen-bond donors (Lipinski definition) is 8. The van der Waals surface area contributed by atoms with E-state index in [4.69, 9.17) is 0 Å². The Bertz CT molecular complexity index is 1760. The molecule has 2 fully saturated rings. The maximum absolute atomic E-state index is 14.6. The van der Waals surface area contributed by atoms with Gasteiger partial charge in [-0.2, -0.15) is 0 Å². The van der Waals surface area contributed by atoms with Gasteiger partial charge in [0.2, 0.25) is 35.4 Å². The van der Waals surface area contributed by atoms with Gasteiger partial charge >= 0.3 is 0 Å². The molecule has 2 aliphatic heterocycles. The minimum atomic E-state index is -1.04. The number of rotatable bonds is 10. The number of carbonyl (C=O) groups excluding carboxylic acids is 6. The van der Waals surface area contributed by atoms with Gasteiger partial charge in [0, 0.05) is 28.8 Å². The number of hydrogen-bond acceptors (Lipinski definition) is 8. The molecule has 0 aliphatic carbocycles. The molecule has 2 aliphatic rings. The zero-order chi connectivity index (χ0) is 43.0. The molecule has 3 heterocycles. The minimum Gasteiger partial charge on any atom is -0.361 e. The van der Waals surface area contributed by atoms with Gasteiger partial charge < -0.3 is 36.9 Å². The number of aromatic nitrogens is 1. The number of thioether (sulfide) groups is 1. The molecule has 322 valence electrons. The lowest BCUT2D eigenvalue weighted by atomic mass is 9.97. The predicted molar refractivity (Wildman–Crippen MR) is 229 cm³/mol. The van der Waals surface area contributed by atoms with Crippen molar-refractivity contribution in [2.24, 2.45) is 29.6 Å². The highest BCUT2D eigenvalue weighted by Crippen LogP contribution is 2.35. The van der Waals surface area contributed by atoms with Gasteiger partial charge in [-0.15, -0.1) is 11.8 Å². The summed E-state index contributed by atoms with van der Waals surface area (Å²) in [6, 6.07) is 1.57. The second-order valence-corrected chi connectivity index (χ2v) is 19.2. The highest BCUT2D eigenvalue weighted by atomic mass is 32.2. The smallest absolute Gasteiger partial charge is 0.243 e. The van der Waals surface area contributed by atoms with Crippen molar-refractivity contribution < 1.29 is 28.8 Å². The third-order valence-corrected chi connectivity index (χ3v) is 12.6. The molecule has 14 nitrogen and oxygen atoms in total. The van der Waals surface area contributed by atoms with E-state index in [0.717, 1.165) is 29.3 Å². The molecule has 2 saturated heterocycles. The first-order valence-electron chi connectivity index (χ1n) is 21.1. The van der Waals surface area contributed by atoms with Crippen molar-refractivity contribution in [3.8, 4) is 0 Å². The van der Waals surface area contributed by atoms with Gasteiger partial charge in [0.1, 0.15) is 30.2 Å². The maximum Gasteiger partial charge on any atom is 0.243 e. The van der Waals surface area contributed by atoms with E-state index < -0.39 is 71.8 Å². The summed E-state index contributed by atoms with van der Waals surface area (Å²) in [5.41, 5.74) is 1.73. The van der Waals surface area contributed by atoms with Crippen LogP contribution in [0.25, 0.3) is 10.9 Å². The molecule has 2 aromatic rings. The molecule has 8 N–H and O–H groups in total. The molecular formula is C43H68N8O6S. The van der Waals surface area contributed by atoms with E-state index in [-0.39, 0.29) is 59.0 Å². The van der Waals surface area contributed by atoms with Crippen LogP contribution in [0.4, 0.5) is 0 Å². The number of H-pyrrole nitrogens is 1. The molecule has 58 heavy (non-hydrogen) atoms. The lowest BCUT2D eigenvalue weighted by Gasteiger charge is -2.31. The zero-order valence-electron chi connectivity index (χ0n) is 36.2. The normalized spacial score (nSPS) is 28.7. The number of benzene rings is 1. The van der Waals surface area contributed by atoms with Crippen LogP contribution in [0.2, 0.25) is 0 Å². The molecule has 1 aromatic heterocycles. The van der Waals surface area contributed by atoms with Crippen molar-refractivity contribution in [3.05, 3.63) is 36.0 Å². The predicted octanol–water partition coefficient (Wildman–Crippen LogP) is 3.50. The van der Waals surface area contributed by atoms with Crippen molar-refractivity contribution in [1.82, 2.24) is 42.2 Å². The van der Waals surface area contributed by atoms with Gasteiger partial charge in [-0.1, -0.05) is 101 Å². The van der Waals surface area contributed by atoms with Crippen LogP contribution >= 0.6 is 11.8 Å². The number of nitrogens with one attached hydrogen (secondary N) is 8. The fourth-order valence-electron chi connectivity index (χ4n) is 7.70. The molecule has 0 saturated carbocycles. The van der Waals surface area contributed by atoms with E-state index in [2.05, 4.69) is 49.1 Å². The largest absolute Gasteiger partial charge is 0.361 e. The first-order chi connectivity index (χ1) is 27.3. The molecule has 4 rings (SSSR count). The molecule has 0 radical (unpaired) electrons. The summed E-state index contributed by atoms with van der Waals surface area (Å²) in [7, 11) is 0. The Morgan fingerprint density at radius 2 is 1.12 bits per heavy atom. The van der Waals surface area contributed by atoms with Gasteiger partial charge in [0.05, 0.1) is 17.5 Å². The monoisotopic (exact) mass is 824 g/mol. The molecule has 6 amide bonds. The number of carbonyl (C=O) groups is 6. The van der Waals surface area contributed by atoms with Crippen molar-refractivity contribution >= 4 is 58.1 Å². The van der Waals surface area contributed by atoms with Crippen LogP contribution in [0, 0.1) is 29.6 Å². The Morgan fingerprint density at radius 1 is 0.603 bits per heavy atom. The highest BCUT2D eigenvalue weighted by Gasteiger charge is 2.45. The third kappa shape index (κ3) is 11.8. The van der Waals surface area contributed by atoms with E-state index in [0.29, 0.717) is 0 Å². The van der Waals surface area contributed by atoms with Crippen LogP contribution in [0.15, 0.2) is 30.5 Å². The minimum absolute atomic E-state index is 0.0127. The summed E-state index contributed by atoms with van der Waals surface area (Å²) in [5, 5.41) is 21.8. The Balaban J connectivity index is 1.80. The highest BCUT2D eigenvalue weighted by molar-refractivity contribution is 8.00. The standard InChI is InChI=1S/C43H68N8O6S/c1-12-15-31-36-42(57)49-34(24(8)9)41(56)48-33(23(6)7)40(55)45-29(18-21(2)3)37(52)47-32(22(4)5)39(54)46-30(19-26-20-44-28-17-14-13-16-27(26)28)38(53)50-35(25(10)11)43(51-36)58-31/h13-14,16-17,20-25,29-36,43-44,51H,12,15,18-19H2,1-11H3,(H,45,55)(H,46,54)(H,47,52)(H,48,56)(H,49,57)(H,50,53). The van der Waals surface area contributed by atoms with Gasteiger partial charge in [-0.3, -0.25) is 34.1 Å². The second-order valence-electron chi connectivity index (χ2n) is 17.8. The second kappa shape index (κ2) is 20.7. The summed E-state index contributed by atoms with van der Waals surface area (Å²) in [5.74, 6) is -4.04. The molecule has 9 unspecified atom stereocenters. The fraction of sp³-hybridized carbons (Fsp3) is 0.674. The van der Waals surface area contributed by atoms with E-state index in [1.54, 1.807) is 25.6 Å². The maximum atomic E-state index is 14.6. The van der Waals surface area contributed by atoms with E-state index in [1.165, 1.54) is 0 Å². The average Bonchev–Trinajstić information content (AvgIpc) is 3.76. The Hall–Kier alpha value is -4.11. The SMILES string of the molecule is CCCC1SC2NC1C(=O)NC(C(C)C)C(=O)NC(C(C)C)C(=O)NC(CC(C)C)C(=O)NC(C(C)C)C(=O)NC(Cc1c[nH]c3ccccc13)C(=O)NC2C(C)C. The molecule has 15 heteroatoms. The summed E-state index contributed by atoms with van der Waals surface area (Å²) < 4.78 is 0. The van der Waals surface area contributed by atoms with Crippen LogP contribution < -0.4 is 37.2 Å². The van der Waals surface area contributed by atoms with Gasteiger partial charge in [0.15, 0.2) is 0 Å². The zero-order valence-corrected chi connectivity index (χ0v) is 37.0. The third-order valence-electron chi connectivity index (χ3n) is 11.1. The lowest BCUT2D eigenvalue weighted by Crippen LogP contribution is -2.61. The van der Waals surface area contributed by atoms with Crippen molar-refractivity contribution in [2.45, 2.75) is 155 Å². The first kappa shape index (κ1) is 46.6. The topological polar surface area (TPSA) is 202 Å². The van der Waals surface area contributed by atoms with Gasteiger partial charge in [-0.05, 0) is 54.1 Å². The van der Waals surface area contributed by atoms with E-state index in [1.807, 2.05) is 85.9 Å². The fourth-order valence-corrected chi connectivity index (χ4v) is 9.58. The van der Waals surface area contributed by atoms with Crippen LogP contribution in [0.5, 0.6) is 0 Å². The molecular weight excluding hydrogens is 757 g/mol. The summed E-state index contributed by atoms with van der Waals surface area (Å²) in [6.45, 7) is 20.8. The Morgan fingerprint density at radius 3 is 1.67 bits per heavy atom. The van der Waals surface area contributed by atoms with Crippen molar-refractivity contribution in [1.29, 1.82) is 0 Å². The molecule has 2 bridgehead atoms. The van der Waals surface area contributed by atoms with Gasteiger partial charge in [-0.25, -0.2) is 0 Å². The first-order valence-corrected chi connectivity index (χ1v) is 22.1. The Kier molecular flexibility index (Phi) is 16.6. The van der Waals surface area contributed by atoms with Crippen LogP contribution in [0.3, 0.4) is 0 Å². The van der Waals surface area contributed by atoms with E-state index in [9.17, 15) is 28.8 Å². The van der Waals surface area contributed by atoms with Crippen LogP contribution in [-0.4, -0.2) is 93.3 Å². The Labute approximate surface area is 348 Å². The number of amides is 6. The number of aromatic amines is 1. The summed E-state index contributed by atoms with van der Waals surface area (Å²) >= 11 is 1.59. The lowest BCUT2D eigenvalue weighted by molar-refractivity contribution is -0.136. The average molecular weight is 825 g/mol. The molecule has 0 spiro atoms. The summed E-state index contributed by atoms with van der Waals surface area (Å²) in [6.07, 6.45) is 3.81.